The predicted octanol–water partition coefficient (Wildman–Crippen LogP) is 3.97. The third kappa shape index (κ3) is 3.19. The molecule has 1 N–H and O–H groups in total. The van der Waals surface area contributed by atoms with Gasteiger partial charge in [-0.3, -0.25) is 0 Å². The standard InChI is InChI=1S/C15H12ClFN2O/c1-20-15-4-2-3-14(16)13(15)9-19-12-6-10(8-18)5-11(17)7-12/h2-7,19H,9H2,1H3. The van der Waals surface area contributed by atoms with Gasteiger partial charge in [-0.25, -0.2) is 4.39 Å². The highest BCUT2D eigenvalue weighted by Crippen LogP contribution is 2.27. The highest BCUT2D eigenvalue weighted by atomic mass is 35.5. The van der Waals surface area contributed by atoms with Crippen molar-refractivity contribution in [3.05, 3.63) is 58.4 Å². The van der Waals surface area contributed by atoms with Crippen LogP contribution in [0, 0.1) is 17.1 Å². The van der Waals surface area contributed by atoms with Crippen molar-refractivity contribution in [3.63, 3.8) is 0 Å². The largest absolute Gasteiger partial charge is 0.496 e. The summed E-state index contributed by atoms with van der Waals surface area (Å²) in [7, 11) is 1.56. The maximum Gasteiger partial charge on any atom is 0.126 e. The van der Waals surface area contributed by atoms with Crippen molar-refractivity contribution in [1.29, 1.82) is 5.26 Å². The van der Waals surface area contributed by atoms with Crippen LogP contribution in [0.5, 0.6) is 5.75 Å². The smallest absolute Gasteiger partial charge is 0.126 e. The summed E-state index contributed by atoms with van der Waals surface area (Å²) in [6.45, 7) is 0.372. The summed E-state index contributed by atoms with van der Waals surface area (Å²) in [6.07, 6.45) is 0. The summed E-state index contributed by atoms with van der Waals surface area (Å²) in [5.41, 5.74) is 1.56. The summed E-state index contributed by atoms with van der Waals surface area (Å²) < 4.78 is 18.6. The first kappa shape index (κ1) is 14.2. The van der Waals surface area contributed by atoms with Crippen molar-refractivity contribution in [2.75, 3.05) is 12.4 Å². The maximum absolute atomic E-state index is 13.3. The molecule has 0 radical (unpaired) electrons. The second-order valence-corrected chi connectivity index (χ2v) is 4.52. The lowest BCUT2D eigenvalue weighted by Gasteiger charge is -2.12. The molecule has 20 heavy (non-hydrogen) atoms. The number of anilines is 1. The minimum absolute atomic E-state index is 0.263. The average molecular weight is 291 g/mol. The second kappa shape index (κ2) is 6.27. The molecule has 3 nitrogen and oxygen atoms in total. The van der Waals surface area contributed by atoms with Gasteiger partial charge in [0.2, 0.25) is 0 Å². The molecule has 0 unspecified atom stereocenters. The van der Waals surface area contributed by atoms with Gasteiger partial charge < -0.3 is 10.1 Å². The van der Waals surface area contributed by atoms with Crippen molar-refractivity contribution < 1.29 is 9.13 Å². The van der Waals surface area contributed by atoms with Crippen molar-refractivity contribution in [2.45, 2.75) is 6.54 Å². The highest BCUT2D eigenvalue weighted by molar-refractivity contribution is 6.31. The Morgan fingerprint density at radius 2 is 2.15 bits per heavy atom. The fourth-order valence-corrected chi connectivity index (χ4v) is 2.08. The van der Waals surface area contributed by atoms with E-state index in [1.807, 2.05) is 6.07 Å². The molecule has 0 aliphatic heterocycles. The maximum atomic E-state index is 13.3. The van der Waals surface area contributed by atoms with Crippen LogP contribution in [-0.4, -0.2) is 7.11 Å². The molecule has 0 aliphatic carbocycles. The Bertz CT molecular complexity index is 667. The zero-order chi connectivity index (χ0) is 14.5. The fraction of sp³-hybridized carbons (Fsp3) is 0.133. The van der Waals surface area contributed by atoms with Crippen LogP contribution in [0.25, 0.3) is 0 Å². The summed E-state index contributed by atoms with van der Waals surface area (Å²) >= 11 is 6.12. The van der Waals surface area contributed by atoms with E-state index < -0.39 is 5.82 Å². The predicted molar refractivity (Wildman–Crippen MR) is 76.4 cm³/mol. The molecule has 0 fully saturated rings. The number of nitrogens with one attached hydrogen (secondary N) is 1. The molecule has 2 aromatic rings. The van der Waals surface area contributed by atoms with Gasteiger partial charge in [0.15, 0.2) is 0 Å². The summed E-state index contributed by atoms with van der Waals surface area (Å²) in [5.74, 6) is 0.194. The van der Waals surface area contributed by atoms with E-state index >= 15 is 0 Å². The van der Waals surface area contributed by atoms with E-state index in [4.69, 9.17) is 21.6 Å². The number of nitriles is 1. The number of hydrogen-bond acceptors (Lipinski definition) is 3. The van der Waals surface area contributed by atoms with E-state index in [1.165, 1.54) is 12.1 Å². The monoisotopic (exact) mass is 290 g/mol. The molecule has 102 valence electrons. The lowest BCUT2D eigenvalue weighted by Crippen LogP contribution is -2.03. The van der Waals surface area contributed by atoms with Gasteiger partial charge in [0, 0.05) is 22.8 Å². The number of halogens is 2. The number of nitrogens with zero attached hydrogens (tertiary/aromatic N) is 1. The van der Waals surface area contributed by atoms with Crippen LogP contribution in [0.15, 0.2) is 36.4 Å². The summed E-state index contributed by atoms with van der Waals surface area (Å²) in [4.78, 5) is 0. The Morgan fingerprint density at radius 1 is 1.35 bits per heavy atom. The zero-order valence-corrected chi connectivity index (χ0v) is 11.5. The molecule has 5 heteroatoms. The van der Waals surface area contributed by atoms with E-state index in [0.717, 1.165) is 5.56 Å². The Balaban J connectivity index is 2.21. The Hall–Kier alpha value is -2.25. The molecule has 0 saturated carbocycles. The van der Waals surface area contributed by atoms with Crippen LogP contribution in [0.4, 0.5) is 10.1 Å². The number of rotatable bonds is 4. The third-order valence-corrected chi connectivity index (χ3v) is 3.15. The fourth-order valence-electron chi connectivity index (χ4n) is 1.85. The van der Waals surface area contributed by atoms with Gasteiger partial charge in [-0.1, -0.05) is 17.7 Å². The quantitative estimate of drug-likeness (QED) is 0.926. The van der Waals surface area contributed by atoms with Crippen LogP contribution < -0.4 is 10.1 Å². The topological polar surface area (TPSA) is 45.0 Å². The molecule has 0 aromatic heterocycles. The van der Waals surface area contributed by atoms with Crippen LogP contribution >= 0.6 is 11.6 Å². The molecule has 0 bridgehead atoms. The first-order chi connectivity index (χ1) is 9.63. The first-order valence-electron chi connectivity index (χ1n) is 5.90. The molecule has 0 heterocycles. The van der Waals surface area contributed by atoms with Gasteiger partial charge in [0.25, 0.3) is 0 Å². The highest BCUT2D eigenvalue weighted by Gasteiger charge is 2.08. The molecular weight excluding hydrogens is 279 g/mol. The number of methoxy groups -OCH3 is 1. The lowest BCUT2D eigenvalue weighted by atomic mass is 10.1. The summed E-state index contributed by atoms with van der Waals surface area (Å²) in [6, 6.07) is 11.3. The van der Waals surface area contributed by atoms with Gasteiger partial charge in [-0.2, -0.15) is 5.26 Å². The number of ether oxygens (including phenoxy) is 1. The molecule has 0 aliphatic rings. The van der Waals surface area contributed by atoms with Crippen molar-refractivity contribution in [1.82, 2.24) is 0 Å². The molecule has 0 atom stereocenters. The van der Waals surface area contributed by atoms with E-state index in [1.54, 1.807) is 31.4 Å². The van der Waals surface area contributed by atoms with E-state index in [2.05, 4.69) is 5.32 Å². The molecule has 2 rings (SSSR count). The zero-order valence-electron chi connectivity index (χ0n) is 10.8. The average Bonchev–Trinajstić information content (AvgIpc) is 2.45. The SMILES string of the molecule is COc1cccc(Cl)c1CNc1cc(F)cc(C#N)c1. The van der Waals surface area contributed by atoms with E-state index in [0.29, 0.717) is 23.0 Å². The van der Waals surface area contributed by atoms with Gasteiger partial charge in [0.1, 0.15) is 11.6 Å². The van der Waals surface area contributed by atoms with E-state index in [9.17, 15) is 4.39 Å². The lowest BCUT2D eigenvalue weighted by molar-refractivity contribution is 0.410. The minimum atomic E-state index is -0.460. The molecule has 0 amide bonds. The molecular formula is C15H12ClFN2O. The van der Waals surface area contributed by atoms with Crippen molar-refractivity contribution in [2.24, 2.45) is 0 Å². The second-order valence-electron chi connectivity index (χ2n) is 4.11. The van der Waals surface area contributed by atoms with Crippen molar-refractivity contribution in [3.8, 4) is 11.8 Å². The van der Waals surface area contributed by atoms with Crippen LogP contribution in [-0.2, 0) is 6.54 Å². The van der Waals surface area contributed by atoms with Crippen LogP contribution in [0.1, 0.15) is 11.1 Å². The van der Waals surface area contributed by atoms with E-state index in [-0.39, 0.29) is 5.56 Å². The third-order valence-electron chi connectivity index (χ3n) is 2.79. The molecule has 0 spiro atoms. The Labute approximate surface area is 121 Å². The molecule has 0 saturated heterocycles. The normalized spacial score (nSPS) is 9.90. The van der Waals surface area contributed by atoms with Crippen molar-refractivity contribution >= 4 is 17.3 Å². The van der Waals surface area contributed by atoms with Crippen LogP contribution in [0.2, 0.25) is 5.02 Å². The van der Waals surface area contributed by atoms with Gasteiger partial charge in [-0.15, -0.1) is 0 Å². The number of benzene rings is 2. The Kier molecular flexibility index (Phi) is 4.44. The van der Waals surface area contributed by atoms with Gasteiger partial charge in [0.05, 0.1) is 18.7 Å². The van der Waals surface area contributed by atoms with Gasteiger partial charge >= 0.3 is 0 Å². The van der Waals surface area contributed by atoms with Crippen LogP contribution in [0.3, 0.4) is 0 Å². The molecule has 2 aromatic carbocycles. The summed E-state index contributed by atoms with van der Waals surface area (Å²) in [5, 5.41) is 12.4. The number of hydrogen-bond donors (Lipinski definition) is 1. The van der Waals surface area contributed by atoms with Gasteiger partial charge in [-0.05, 0) is 30.3 Å². The Morgan fingerprint density at radius 3 is 2.85 bits per heavy atom. The first-order valence-corrected chi connectivity index (χ1v) is 6.28. The minimum Gasteiger partial charge on any atom is -0.496 e.